The van der Waals surface area contributed by atoms with Gasteiger partial charge in [0.05, 0.1) is 16.6 Å². The van der Waals surface area contributed by atoms with E-state index in [0.717, 1.165) is 23.3 Å². The van der Waals surface area contributed by atoms with Crippen molar-refractivity contribution >= 4 is 23.5 Å². The van der Waals surface area contributed by atoms with Crippen LogP contribution in [-0.4, -0.2) is 18.5 Å². The first-order valence-corrected chi connectivity index (χ1v) is 7.72. The van der Waals surface area contributed by atoms with Gasteiger partial charge in [0.2, 0.25) is 0 Å². The van der Waals surface area contributed by atoms with Gasteiger partial charge < -0.3 is 10.1 Å². The maximum Gasteiger partial charge on any atom is 0.340 e. The fraction of sp³-hybridized carbons (Fsp3) is 0.222. The van der Waals surface area contributed by atoms with Gasteiger partial charge in [0, 0.05) is 0 Å². The van der Waals surface area contributed by atoms with Gasteiger partial charge in [-0.15, -0.1) is 0 Å². The van der Waals surface area contributed by atoms with Crippen LogP contribution in [0.3, 0.4) is 0 Å². The lowest BCUT2D eigenvalue weighted by atomic mass is 10.1. The molecular weight excluding hydrogens is 333 g/mol. The number of benzene rings is 2. The molecule has 0 saturated carbocycles. The predicted octanol–water partition coefficient (Wildman–Crippen LogP) is 3.82. The number of ether oxygens (including phenoxy) is 1. The fourth-order valence-corrected chi connectivity index (χ4v) is 2.33. The molecule has 0 aliphatic heterocycles. The van der Waals surface area contributed by atoms with Crippen LogP contribution in [0.2, 0.25) is 5.02 Å². The first kappa shape index (κ1) is 17.9. The third kappa shape index (κ3) is 4.80. The predicted molar refractivity (Wildman–Crippen MR) is 89.4 cm³/mol. The molecular formula is C18H17ClFNO3. The van der Waals surface area contributed by atoms with Crippen LogP contribution in [0.5, 0.6) is 0 Å². The summed E-state index contributed by atoms with van der Waals surface area (Å²) < 4.78 is 17.9. The quantitative estimate of drug-likeness (QED) is 0.835. The zero-order valence-electron chi connectivity index (χ0n) is 13.3. The highest BCUT2D eigenvalue weighted by molar-refractivity contribution is 6.33. The van der Waals surface area contributed by atoms with Crippen molar-refractivity contribution in [2.45, 2.75) is 19.9 Å². The number of hydrogen-bond donors (Lipinski definition) is 1. The molecule has 126 valence electrons. The molecule has 0 saturated heterocycles. The van der Waals surface area contributed by atoms with Gasteiger partial charge >= 0.3 is 5.97 Å². The van der Waals surface area contributed by atoms with E-state index in [1.165, 1.54) is 6.07 Å². The minimum atomic E-state index is -0.780. The first-order chi connectivity index (χ1) is 11.4. The molecule has 2 aromatic carbocycles. The van der Waals surface area contributed by atoms with E-state index < -0.39 is 24.3 Å². The summed E-state index contributed by atoms with van der Waals surface area (Å²) in [4.78, 5) is 23.8. The molecule has 1 amide bonds. The lowest BCUT2D eigenvalue weighted by Crippen LogP contribution is -2.31. The summed E-state index contributed by atoms with van der Waals surface area (Å²) >= 11 is 5.78. The van der Waals surface area contributed by atoms with E-state index in [-0.39, 0.29) is 16.6 Å². The molecule has 0 aromatic heterocycles. The van der Waals surface area contributed by atoms with Crippen LogP contribution in [0.1, 0.15) is 34.5 Å². The van der Waals surface area contributed by atoms with E-state index >= 15 is 0 Å². The maximum absolute atomic E-state index is 13.0. The molecule has 0 aliphatic rings. The number of aryl methyl sites for hydroxylation is 1. The summed E-state index contributed by atoms with van der Waals surface area (Å²) in [6, 6.07) is 10.9. The molecule has 0 radical (unpaired) electrons. The summed E-state index contributed by atoms with van der Waals surface area (Å²) in [6.45, 7) is 3.37. The average molecular weight is 350 g/mol. The van der Waals surface area contributed by atoms with E-state index in [1.807, 2.05) is 38.1 Å². The zero-order valence-corrected chi connectivity index (χ0v) is 14.1. The van der Waals surface area contributed by atoms with Crippen LogP contribution in [0.25, 0.3) is 0 Å². The number of carbonyl (C=O) groups is 2. The van der Waals surface area contributed by atoms with Crippen molar-refractivity contribution in [3.8, 4) is 0 Å². The van der Waals surface area contributed by atoms with Gasteiger partial charge in [0.1, 0.15) is 5.82 Å². The lowest BCUT2D eigenvalue weighted by Gasteiger charge is -2.14. The van der Waals surface area contributed by atoms with E-state index in [9.17, 15) is 14.0 Å². The number of amides is 1. The standard InChI is InChI=1S/C18H17ClFNO3/c1-11-3-5-13(6-4-11)12(2)21-17(22)10-24-18(23)15-8-7-14(20)9-16(15)19/h3-9,12H,10H2,1-2H3,(H,21,22)/t12-/m1/s1. The number of nitrogens with one attached hydrogen (secondary N) is 1. The summed E-state index contributed by atoms with van der Waals surface area (Å²) in [7, 11) is 0. The monoisotopic (exact) mass is 349 g/mol. The molecule has 0 bridgehead atoms. The van der Waals surface area contributed by atoms with Crippen LogP contribution in [0.4, 0.5) is 4.39 Å². The molecule has 1 N–H and O–H groups in total. The van der Waals surface area contributed by atoms with Gasteiger partial charge in [-0.2, -0.15) is 0 Å². The van der Waals surface area contributed by atoms with Gasteiger partial charge in [0.25, 0.3) is 5.91 Å². The van der Waals surface area contributed by atoms with Crippen molar-refractivity contribution in [2.75, 3.05) is 6.61 Å². The van der Waals surface area contributed by atoms with Crippen molar-refractivity contribution in [1.82, 2.24) is 5.32 Å². The third-order valence-corrected chi connectivity index (χ3v) is 3.75. The second kappa shape index (κ2) is 7.93. The van der Waals surface area contributed by atoms with E-state index in [0.29, 0.717) is 0 Å². The summed E-state index contributed by atoms with van der Waals surface area (Å²) in [5, 5.41) is 2.68. The summed E-state index contributed by atoms with van der Waals surface area (Å²) in [5.41, 5.74) is 2.08. The number of halogens is 2. The number of rotatable bonds is 5. The average Bonchev–Trinajstić information content (AvgIpc) is 2.53. The molecule has 0 heterocycles. The number of hydrogen-bond acceptors (Lipinski definition) is 3. The topological polar surface area (TPSA) is 55.4 Å². The van der Waals surface area contributed by atoms with Gasteiger partial charge in [-0.25, -0.2) is 9.18 Å². The molecule has 6 heteroatoms. The molecule has 2 aromatic rings. The minimum absolute atomic E-state index is 0.0115. The number of carbonyl (C=O) groups excluding carboxylic acids is 2. The summed E-state index contributed by atoms with van der Waals surface area (Å²) in [5.74, 6) is -1.77. The van der Waals surface area contributed by atoms with Crippen LogP contribution in [0.15, 0.2) is 42.5 Å². The Bertz CT molecular complexity index is 746. The largest absolute Gasteiger partial charge is 0.452 e. The molecule has 24 heavy (non-hydrogen) atoms. The van der Waals surface area contributed by atoms with Gasteiger partial charge in [-0.3, -0.25) is 4.79 Å². The Kier molecular flexibility index (Phi) is 5.93. The smallest absolute Gasteiger partial charge is 0.340 e. The number of esters is 1. The Balaban J connectivity index is 1.88. The second-order valence-electron chi connectivity index (χ2n) is 5.40. The van der Waals surface area contributed by atoms with Crippen molar-refractivity contribution in [3.63, 3.8) is 0 Å². The minimum Gasteiger partial charge on any atom is -0.452 e. The van der Waals surface area contributed by atoms with Gasteiger partial charge in [0.15, 0.2) is 6.61 Å². The normalized spacial score (nSPS) is 11.7. The highest BCUT2D eigenvalue weighted by Crippen LogP contribution is 2.18. The first-order valence-electron chi connectivity index (χ1n) is 7.35. The Morgan fingerprint density at radius 3 is 2.50 bits per heavy atom. The van der Waals surface area contributed by atoms with Crippen LogP contribution < -0.4 is 5.32 Å². The molecule has 0 aliphatic carbocycles. The molecule has 1 atom stereocenters. The fourth-order valence-electron chi connectivity index (χ4n) is 2.09. The molecule has 2 rings (SSSR count). The maximum atomic E-state index is 13.0. The van der Waals surface area contributed by atoms with Crippen LogP contribution in [0, 0.1) is 12.7 Å². The van der Waals surface area contributed by atoms with E-state index in [1.54, 1.807) is 0 Å². The van der Waals surface area contributed by atoms with Crippen molar-refractivity contribution in [1.29, 1.82) is 0 Å². The van der Waals surface area contributed by atoms with E-state index in [2.05, 4.69) is 5.32 Å². The van der Waals surface area contributed by atoms with Gasteiger partial charge in [-0.05, 0) is 37.6 Å². The van der Waals surface area contributed by atoms with Crippen LogP contribution >= 0.6 is 11.6 Å². The highest BCUT2D eigenvalue weighted by Gasteiger charge is 2.15. The van der Waals surface area contributed by atoms with Gasteiger partial charge in [-0.1, -0.05) is 41.4 Å². The molecule has 4 nitrogen and oxygen atoms in total. The van der Waals surface area contributed by atoms with Crippen molar-refractivity contribution in [2.24, 2.45) is 0 Å². The Morgan fingerprint density at radius 1 is 1.21 bits per heavy atom. The van der Waals surface area contributed by atoms with Crippen molar-refractivity contribution in [3.05, 3.63) is 70.0 Å². The Labute approximate surface area is 144 Å². The zero-order chi connectivity index (χ0) is 17.7. The van der Waals surface area contributed by atoms with Crippen molar-refractivity contribution < 1.29 is 18.7 Å². The molecule has 0 spiro atoms. The van der Waals surface area contributed by atoms with E-state index in [4.69, 9.17) is 16.3 Å². The second-order valence-corrected chi connectivity index (χ2v) is 5.81. The molecule has 0 fully saturated rings. The Hall–Kier alpha value is -2.40. The third-order valence-electron chi connectivity index (χ3n) is 3.44. The van der Waals surface area contributed by atoms with Crippen LogP contribution in [-0.2, 0) is 9.53 Å². The highest BCUT2D eigenvalue weighted by atomic mass is 35.5. The molecule has 0 unspecified atom stereocenters. The Morgan fingerprint density at radius 2 is 1.88 bits per heavy atom. The SMILES string of the molecule is Cc1ccc([C@@H](C)NC(=O)COC(=O)c2ccc(F)cc2Cl)cc1. The lowest BCUT2D eigenvalue weighted by molar-refractivity contribution is -0.124. The summed E-state index contributed by atoms with van der Waals surface area (Å²) in [6.07, 6.45) is 0.